The van der Waals surface area contributed by atoms with Crippen LogP contribution in [0.3, 0.4) is 0 Å². The maximum absolute atomic E-state index is 13.1. The van der Waals surface area contributed by atoms with Gasteiger partial charge in [0.1, 0.15) is 9.71 Å². The van der Waals surface area contributed by atoms with E-state index in [2.05, 4.69) is 5.32 Å². The zero-order chi connectivity index (χ0) is 22.9. The van der Waals surface area contributed by atoms with Gasteiger partial charge >= 0.3 is 0 Å². The smallest absolute Gasteiger partial charge is 0.267 e. The molecule has 0 aliphatic heterocycles. The zero-order valence-electron chi connectivity index (χ0n) is 17.2. The molecule has 2 heterocycles. The van der Waals surface area contributed by atoms with Crippen molar-refractivity contribution in [3.8, 4) is 22.4 Å². The molecule has 5 rings (SSSR count). The summed E-state index contributed by atoms with van der Waals surface area (Å²) in [7, 11) is 0. The van der Waals surface area contributed by atoms with E-state index in [0.717, 1.165) is 27.8 Å². The van der Waals surface area contributed by atoms with Crippen LogP contribution in [0.25, 0.3) is 32.6 Å². The van der Waals surface area contributed by atoms with Crippen molar-refractivity contribution in [2.75, 3.05) is 11.1 Å². The molecule has 0 unspecified atom stereocenters. The lowest BCUT2D eigenvalue weighted by Gasteiger charge is -2.09. The van der Waals surface area contributed by atoms with Crippen molar-refractivity contribution in [1.82, 2.24) is 4.98 Å². The van der Waals surface area contributed by atoms with Gasteiger partial charge in [-0.3, -0.25) is 4.79 Å². The van der Waals surface area contributed by atoms with E-state index >= 15 is 0 Å². The number of carbonyl (C=O) groups is 1. The van der Waals surface area contributed by atoms with Gasteiger partial charge in [0, 0.05) is 26.7 Å². The quantitative estimate of drug-likeness (QED) is 0.270. The lowest BCUT2D eigenvalue weighted by atomic mass is 9.99. The number of halogens is 2. The van der Waals surface area contributed by atoms with Crippen LogP contribution in [0.4, 0.5) is 11.4 Å². The first-order chi connectivity index (χ1) is 16.0. The van der Waals surface area contributed by atoms with Gasteiger partial charge in [-0.15, -0.1) is 11.3 Å². The first kappa shape index (κ1) is 21.5. The van der Waals surface area contributed by atoms with Crippen LogP contribution in [0.1, 0.15) is 9.67 Å². The van der Waals surface area contributed by atoms with Crippen molar-refractivity contribution in [1.29, 1.82) is 0 Å². The molecule has 0 saturated carbocycles. The van der Waals surface area contributed by atoms with Crippen molar-refractivity contribution >= 4 is 62.0 Å². The minimum Gasteiger partial charge on any atom is -0.397 e. The summed E-state index contributed by atoms with van der Waals surface area (Å²) >= 11 is 13.4. The van der Waals surface area contributed by atoms with Gasteiger partial charge in [-0.25, -0.2) is 4.98 Å². The molecule has 4 nitrogen and oxygen atoms in total. The number of nitrogens with two attached hydrogens (primary N) is 1. The highest BCUT2D eigenvalue weighted by Gasteiger charge is 2.22. The highest BCUT2D eigenvalue weighted by Crippen LogP contribution is 2.41. The Balaban J connectivity index is 1.66. The van der Waals surface area contributed by atoms with Crippen LogP contribution in [0.5, 0.6) is 0 Å². The van der Waals surface area contributed by atoms with Crippen molar-refractivity contribution in [2.24, 2.45) is 0 Å². The van der Waals surface area contributed by atoms with Gasteiger partial charge in [0.15, 0.2) is 0 Å². The van der Waals surface area contributed by atoms with E-state index in [0.29, 0.717) is 31.1 Å². The van der Waals surface area contributed by atoms with Gasteiger partial charge < -0.3 is 11.1 Å². The number of nitrogen functional groups attached to an aromatic ring is 1. The van der Waals surface area contributed by atoms with Crippen molar-refractivity contribution in [2.45, 2.75) is 0 Å². The maximum Gasteiger partial charge on any atom is 0.267 e. The van der Waals surface area contributed by atoms with Gasteiger partial charge in [0.05, 0.1) is 11.4 Å². The van der Waals surface area contributed by atoms with Gasteiger partial charge in [-0.05, 0) is 47.5 Å². The standard InChI is InChI=1S/C26H17Cl2N3OS/c27-17-11-9-16(10-12-17)21-14-20(15-5-2-1-3-6-15)22-23(29)24(33-26(22)31-21)25(32)30-19-8-4-7-18(28)13-19/h1-14H,29H2,(H,30,32). The Labute approximate surface area is 204 Å². The fourth-order valence-electron chi connectivity index (χ4n) is 3.66. The van der Waals surface area contributed by atoms with E-state index < -0.39 is 0 Å². The molecule has 0 fully saturated rings. The molecule has 0 radical (unpaired) electrons. The summed E-state index contributed by atoms with van der Waals surface area (Å²) < 4.78 is 0. The summed E-state index contributed by atoms with van der Waals surface area (Å²) in [6, 6.07) is 26.4. The van der Waals surface area contributed by atoms with Crippen LogP contribution in [-0.2, 0) is 0 Å². The lowest BCUT2D eigenvalue weighted by Crippen LogP contribution is -2.11. The molecule has 0 atom stereocenters. The van der Waals surface area contributed by atoms with Crippen LogP contribution in [-0.4, -0.2) is 10.9 Å². The van der Waals surface area contributed by atoms with Crippen LogP contribution in [0, 0.1) is 0 Å². The Morgan fingerprint density at radius 2 is 1.61 bits per heavy atom. The molecule has 33 heavy (non-hydrogen) atoms. The Kier molecular flexibility index (Phi) is 5.77. The average molecular weight is 490 g/mol. The molecular weight excluding hydrogens is 473 g/mol. The molecule has 0 saturated heterocycles. The molecule has 7 heteroatoms. The fraction of sp³-hybridized carbons (Fsp3) is 0. The third-order valence-electron chi connectivity index (χ3n) is 5.21. The number of rotatable bonds is 4. The second kappa shape index (κ2) is 8.87. The number of nitrogens with zero attached hydrogens (tertiary/aromatic N) is 1. The molecular formula is C26H17Cl2N3OS. The summed E-state index contributed by atoms with van der Waals surface area (Å²) in [6.45, 7) is 0. The summed E-state index contributed by atoms with van der Waals surface area (Å²) in [5.74, 6) is -0.301. The van der Waals surface area contributed by atoms with Crippen LogP contribution >= 0.6 is 34.5 Å². The summed E-state index contributed by atoms with van der Waals surface area (Å²) in [6.07, 6.45) is 0. The highest BCUT2D eigenvalue weighted by atomic mass is 35.5. The average Bonchev–Trinajstić information content (AvgIpc) is 3.16. The Hall–Kier alpha value is -3.38. The molecule has 0 aliphatic rings. The molecule has 162 valence electrons. The van der Waals surface area contributed by atoms with Gasteiger partial charge in [0.25, 0.3) is 5.91 Å². The van der Waals surface area contributed by atoms with Crippen LogP contribution in [0.2, 0.25) is 10.0 Å². The van der Waals surface area contributed by atoms with Crippen LogP contribution < -0.4 is 11.1 Å². The van der Waals surface area contributed by atoms with Gasteiger partial charge in [-0.1, -0.05) is 71.7 Å². The number of carbonyl (C=O) groups excluding carboxylic acids is 1. The number of anilines is 2. The number of fused-ring (bicyclic) bond motifs is 1. The second-order valence-corrected chi connectivity index (χ2v) is 9.29. The lowest BCUT2D eigenvalue weighted by molar-refractivity contribution is 0.103. The molecule has 0 aliphatic carbocycles. The largest absolute Gasteiger partial charge is 0.397 e. The van der Waals surface area contributed by atoms with E-state index in [9.17, 15) is 4.79 Å². The van der Waals surface area contributed by atoms with E-state index in [1.165, 1.54) is 11.3 Å². The first-order valence-electron chi connectivity index (χ1n) is 10.1. The highest BCUT2D eigenvalue weighted by molar-refractivity contribution is 7.21. The van der Waals surface area contributed by atoms with E-state index in [4.69, 9.17) is 33.9 Å². The number of pyridine rings is 1. The third-order valence-corrected chi connectivity index (χ3v) is 6.80. The minimum atomic E-state index is -0.301. The number of aromatic nitrogens is 1. The number of hydrogen-bond donors (Lipinski definition) is 2. The van der Waals surface area contributed by atoms with Crippen LogP contribution in [0.15, 0.2) is 84.9 Å². The zero-order valence-corrected chi connectivity index (χ0v) is 19.5. The molecule has 0 bridgehead atoms. The Bertz CT molecular complexity index is 1480. The predicted octanol–water partition coefficient (Wildman–Crippen LogP) is 7.77. The number of thiophene rings is 1. The van der Waals surface area contributed by atoms with Gasteiger partial charge in [0.2, 0.25) is 0 Å². The number of nitrogens with one attached hydrogen (secondary N) is 1. The Morgan fingerprint density at radius 1 is 0.848 bits per heavy atom. The van der Waals surface area contributed by atoms with Crippen molar-refractivity contribution in [3.63, 3.8) is 0 Å². The van der Waals surface area contributed by atoms with E-state index in [-0.39, 0.29) is 5.91 Å². The normalized spacial score (nSPS) is 11.0. The topological polar surface area (TPSA) is 68.0 Å². The minimum absolute atomic E-state index is 0.301. The molecule has 3 aromatic carbocycles. The molecule has 0 spiro atoms. The van der Waals surface area contributed by atoms with E-state index in [1.54, 1.807) is 24.3 Å². The first-order valence-corrected chi connectivity index (χ1v) is 11.7. The molecule has 2 aromatic heterocycles. The van der Waals surface area contributed by atoms with E-state index in [1.807, 2.05) is 60.7 Å². The monoisotopic (exact) mass is 489 g/mol. The van der Waals surface area contributed by atoms with Crippen molar-refractivity contribution in [3.05, 3.63) is 99.9 Å². The number of hydrogen-bond acceptors (Lipinski definition) is 4. The second-order valence-electron chi connectivity index (χ2n) is 7.42. The third kappa shape index (κ3) is 4.31. The number of benzene rings is 3. The predicted molar refractivity (Wildman–Crippen MR) is 139 cm³/mol. The van der Waals surface area contributed by atoms with Gasteiger partial charge in [-0.2, -0.15) is 0 Å². The summed E-state index contributed by atoms with van der Waals surface area (Å²) in [4.78, 5) is 19.0. The van der Waals surface area contributed by atoms with Crippen molar-refractivity contribution < 1.29 is 4.79 Å². The molecule has 1 amide bonds. The Morgan fingerprint density at radius 3 is 2.33 bits per heavy atom. The molecule has 5 aromatic rings. The fourth-order valence-corrected chi connectivity index (χ4v) is 4.99. The maximum atomic E-state index is 13.1. The SMILES string of the molecule is Nc1c(C(=O)Nc2cccc(Cl)c2)sc2nc(-c3ccc(Cl)cc3)cc(-c3ccccc3)c12. The number of amides is 1. The summed E-state index contributed by atoms with van der Waals surface area (Å²) in [5.41, 5.74) is 11.2. The summed E-state index contributed by atoms with van der Waals surface area (Å²) in [5, 5.41) is 4.84. The molecule has 3 N–H and O–H groups in total.